The Hall–Kier alpha value is -2.55. The maximum absolute atomic E-state index is 13.5. The number of benzene rings is 2. The summed E-state index contributed by atoms with van der Waals surface area (Å²) in [4.78, 5) is 9.71. The highest BCUT2D eigenvalue weighted by molar-refractivity contribution is 7.92. The second-order valence-electron chi connectivity index (χ2n) is 4.16. The van der Waals surface area contributed by atoms with Crippen LogP contribution in [-0.4, -0.2) is 19.5 Å². The predicted molar refractivity (Wildman–Crippen MR) is 70.5 cm³/mol. The largest absolute Gasteiger partial charge is 0.478 e. The van der Waals surface area contributed by atoms with Gasteiger partial charge in [0.2, 0.25) is 0 Å². The number of hydrogen-bond acceptors (Lipinski definition) is 3. The Morgan fingerprint density at radius 1 is 1.05 bits per heavy atom. The normalized spacial score (nSPS) is 11.2. The van der Waals surface area contributed by atoms with E-state index in [0.29, 0.717) is 12.1 Å². The Morgan fingerprint density at radius 3 is 2.36 bits per heavy atom. The fraction of sp³-hybridized carbons (Fsp3) is 0. The van der Waals surface area contributed by atoms with Crippen molar-refractivity contribution in [3.05, 3.63) is 59.4 Å². The average molecular weight is 331 g/mol. The maximum atomic E-state index is 13.5. The van der Waals surface area contributed by atoms with E-state index in [1.54, 1.807) is 0 Å². The summed E-state index contributed by atoms with van der Waals surface area (Å²) in [6, 6.07) is 5.75. The fourth-order valence-electron chi connectivity index (χ4n) is 1.64. The summed E-state index contributed by atoms with van der Waals surface area (Å²) < 4.78 is 65.3. The number of carboxylic acid groups (broad SMARTS) is 1. The number of nitrogens with one attached hydrogen (secondary N) is 1. The first-order chi connectivity index (χ1) is 10.2. The van der Waals surface area contributed by atoms with Gasteiger partial charge in [-0.05, 0) is 30.3 Å². The molecule has 0 aliphatic carbocycles. The van der Waals surface area contributed by atoms with Gasteiger partial charge in [-0.1, -0.05) is 6.07 Å². The van der Waals surface area contributed by atoms with Crippen LogP contribution in [0.3, 0.4) is 0 Å². The van der Waals surface area contributed by atoms with Crippen molar-refractivity contribution in [2.45, 2.75) is 4.90 Å². The van der Waals surface area contributed by atoms with Crippen LogP contribution >= 0.6 is 0 Å². The molecular formula is C13H8F3NO4S. The maximum Gasteiger partial charge on any atom is 0.335 e. The van der Waals surface area contributed by atoms with Gasteiger partial charge in [-0.25, -0.2) is 26.4 Å². The summed E-state index contributed by atoms with van der Waals surface area (Å²) in [5.74, 6) is -6.59. The Kier molecular flexibility index (Phi) is 4.09. The van der Waals surface area contributed by atoms with Crippen LogP contribution in [-0.2, 0) is 10.0 Å². The lowest BCUT2D eigenvalue weighted by atomic mass is 10.2. The van der Waals surface area contributed by atoms with Gasteiger partial charge >= 0.3 is 5.97 Å². The highest BCUT2D eigenvalue weighted by atomic mass is 32.2. The number of aromatic carboxylic acids is 1. The molecule has 0 atom stereocenters. The molecule has 116 valence electrons. The van der Waals surface area contributed by atoms with Crippen LogP contribution in [0.1, 0.15) is 10.4 Å². The zero-order valence-corrected chi connectivity index (χ0v) is 11.5. The van der Waals surface area contributed by atoms with E-state index in [4.69, 9.17) is 5.11 Å². The third kappa shape index (κ3) is 3.03. The van der Waals surface area contributed by atoms with Crippen LogP contribution in [0, 0.1) is 17.5 Å². The van der Waals surface area contributed by atoms with E-state index in [1.807, 2.05) is 4.72 Å². The average Bonchev–Trinajstić information content (AvgIpc) is 2.44. The van der Waals surface area contributed by atoms with Crippen LogP contribution in [0.4, 0.5) is 18.9 Å². The van der Waals surface area contributed by atoms with Gasteiger partial charge in [0, 0.05) is 5.69 Å². The van der Waals surface area contributed by atoms with E-state index >= 15 is 0 Å². The zero-order chi connectivity index (χ0) is 16.5. The third-order valence-electron chi connectivity index (χ3n) is 2.65. The number of carboxylic acids is 1. The number of carbonyl (C=O) groups is 1. The molecule has 0 unspecified atom stereocenters. The monoisotopic (exact) mass is 331 g/mol. The molecule has 0 aliphatic heterocycles. The summed E-state index contributed by atoms with van der Waals surface area (Å²) in [7, 11) is -4.55. The lowest BCUT2D eigenvalue weighted by Gasteiger charge is -2.10. The Labute approximate surface area is 123 Å². The van der Waals surface area contributed by atoms with Gasteiger partial charge in [-0.2, -0.15) is 0 Å². The molecule has 5 nitrogen and oxygen atoms in total. The molecule has 9 heteroatoms. The zero-order valence-electron chi connectivity index (χ0n) is 10.7. The minimum absolute atomic E-state index is 0.163. The number of anilines is 1. The fourth-order valence-corrected chi connectivity index (χ4v) is 2.76. The Bertz CT molecular complexity index is 852. The van der Waals surface area contributed by atoms with E-state index < -0.39 is 38.3 Å². The van der Waals surface area contributed by atoms with Crippen molar-refractivity contribution in [3.63, 3.8) is 0 Å². The summed E-state index contributed by atoms with van der Waals surface area (Å²) in [5.41, 5.74) is -0.366. The highest BCUT2D eigenvalue weighted by Gasteiger charge is 2.24. The molecule has 0 heterocycles. The molecule has 0 fully saturated rings. The molecule has 22 heavy (non-hydrogen) atoms. The molecule has 0 bridgehead atoms. The third-order valence-corrected chi connectivity index (χ3v) is 4.05. The van der Waals surface area contributed by atoms with Crippen LogP contribution in [0.5, 0.6) is 0 Å². The molecule has 0 saturated heterocycles. The van der Waals surface area contributed by atoms with Gasteiger partial charge in [0.05, 0.1) is 5.56 Å². The van der Waals surface area contributed by atoms with Crippen molar-refractivity contribution in [3.8, 4) is 0 Å². The molecule has 2 rings (SSSR count). The molecule has 0 aromatic heterocycles. The highest BCUT2D eigenvalue weighted by Crippen LogP contribution is 2.22. The molecule has 0 spiro atoms. The van der Waals surface area contributed by atoms with Gasteiger partial charge in [-0.3, -0.25) is 4.72 Å². The second-order valence-corrected chi connectivity index (χ2v) is 5.82. The number of sulfonamides is 1. The number of hydrogen-bond donors (Lipinski definition) is 2. The summed E-state index contributed by atoms with van der Waals surface area (Å²) >= 11 is 0. The first-order valence-corrected chi connectivity index (χ1v) is 7.20. The van der Waals surface area contributed by atoms with Crippen molar-refractivity contribution in [1.29, 1.82) is 0 Å². The Balaban J connectivity index is 2.42. The smallest absolute Gasteiger partial charge is 0.335 e. The minimum atomic E-state index is -4.55. The van der Waals surface area contributed by atoms with Crippen molar-refractivity contribution in [1.82, 2.24) is 0 Å². The quantitative estimate of drug-likeness (QED) is 0.844. The lowest BCUT2D eigenvalue weighted by molar-refractivity contribution is 0.0697. The van der Waals surface area contributed by atoms with Gasteiger partial charge in [0.25, 0.3) is 10.0 Å². The van der Waals surface area contributed by atoms with E-state index in [-0.39, 0.29) is 11.3 Å². The number of rotatable bonds is 4. The molecule has 0 radical (unpaired) electrons. The SMILES string of the molecule is O=C(O)c1cccc(NS(=O)(=O)c2ccc(F)c(F)c2F)c1. The molecular weight excluding hydrogens is 323 g/mol. The van der Waals surface area contributed by atoms with Crippen LogP contribution in [0.15, 0.2) is 41.3 Å². The van der Waals surface area contributed by atoms with E-state index in [2.05, 4.69) is 0 Å². The topological polar surface area (TPSA) is 83.5 Å². The first kappa shape index (κ1) is 15.8. The van der Waals surface area contributed by atoms with E-state index in [9.17, 15) is 26.4 Å². The van der Waals surface area contributed by atoms with Gasteiger partial charge in [0.1, 0.15) is 4.90 Å². The van der Waals surface area contributed by atoms with E-state index in [0.717, 1.165) is 6.07 Å². The molecule has 0 aliphatic rings. The van der Waals surface area contributed by atoms with Crippen molar-refractivity contribution in [2.24, 2.45) is 0 Å². The van der Waals surface area contributed by atoms with Gasteiger partial charge in [0.15, 0.2) is 17.5 Å². The van der Waals surface area contributed by atoms with Crippen LogP contribution < -0.4 is 4.72 Å². The summed E-state index contributed by atoms with van der Waals surface area (Å²) in [5, 5.41) is 8.81. The molecule has 2 aromatic rings. The van der Waals surface area contributed by atoms with Gasteiger partial charge in [-0.15, -0.1) is 0 Å². The molecule has 2 N–H and O–H groups in total. The van der Waals surface area contributed by atoms with Crippen LogP contribution in [0.2, 0.25) is 0 Å². The van der Waals surface area contributed by atoms with Crippen LogP contribution in [0.25, 0.3) is 0 Å². The number of halogens is 3. The minimum Gasteiger partial charge on any atom is -0.478 e. The Morgan fingerprint density at radius 2 is 1.73 bits per heavy atom. The van der Waals surface area contributed by atoms with Crippen molar-refractivity contribution in [2.75, 3.05) is 4.72 Å². The lowest BCUT2D eigenvalue weighted by Crippen LogP contribution is -2.16. The molecule has 2 aromatic carbocycles. The van der Waals surface area contributed by atoms with Gasteiger partial charge < -0.3 is 5.11 Å². The molecule has 0 saturated carbocycles. The summed E-state index contributed by atoms with van der Waals surface area (Å²) in [6.07, 6.45) is 0. The predicted octanol–water partition coefficient (Wildman–Crippen LogP) is 2.60. The first-order valence-electron chi connectivity index (χ1n) is 5.72. The van der Waals surface area contributed by atoms with Crippen molar-refractivity contribution >= 4 is 21.7 Å². The standard InChI is InChI=1S/C13H8F3NO4S/c14-9-4-5-10(12(16)11(9)15)22(20,21)17-8-3-1-2-7(6-8)13(18)19/h1-6,17H,(H,18,19). The van der Waals surface area contributed by atoms with E-state index in [1.165, 1.54) is 18.2 Å². The summed E-state index contributed by atoms with van der Waals surface area (Å²) in [6.45, 7) is 0. The van der Waals surface area contributed by atoms with Crippen molar-refractivity contribution < 1.29 is 31.5 Å². The molecule has 0 amide bonds. The second kappa shape index (κ2) is 5.68.